The van der Waals surface area contributed by atoms with Gasteiger partial charge in [-0.15, -0.1) is 0 Å². The number of aliphatic hydroxyl groups is 1. The first kappa shape index (κ1) is 26.6. The molecule has 0 saturated heterocycles. The van der Waals surface area contributed by atoms with Crippen LogP contribution in [0.2, 0.25) is 0 Å². The molecule has 7 rings (SSSR count). The van der Waals surface area contributed by atoms with E-state index in [1.54, 1.807) is 28.6 Å². The van der Waals surface area contributed by atoms with Gasteiger partial charge in [-0.25, -0.2) is 19.5 Å². The van der Waals surface area contributed by atoms with Crippen LogP contribution in [0.5, 0.6) is 5.75 Å². The van der Waals surface area contributed by atoms with E-state index in [-0.39, 0.29) is 23.0 Å². The molecule has 2 aliphatic carbocycles. The molecule has 15 heteroatoms. The fourth-order valence-electron chi connectivity index (χ4n) is 6.50. The number of benzene rings is 1. The standard InChI is InChI=1S/C27H22F5N7O3/c1-38-17-5-14(19-13(22(38)40)3-2-4-18(19)42-24(28)29)20-16-6-15(36-11-39(16)37-21(17)20)12-7-34-23(35-8-12)25(33)9-26(41,10-25)27(30,31)32/h2-4,6-8,11,14,17,24,41H,5,9-10,33H2,1H3. The van der Waals surface area contributed by atoms with Crippen molar-refractivity contribution in [2.45, 2.75) is 55.1 Å². The van der Waals surface area contributed by atoms with E-state index >= 15 is 0 Å². The minimum absolute atomic E-state index is 0.0348. The van der Waals surface area contributed by atoms with E-state index < -0.39 is 48.7 Å². The molecule has 10 nitrogen and oxygen atoms in total. The number of carbonyl (C=O) groups excluding carboxylic acids is 1. The van der Waals surface area contributed by atoms with Crippen molar-refractivity contribution in [3.05, 3.63) is 71.2 Å². The Morgan fingerprint density at radius 2 is 1.86 bits per heavy atom. The maximum absolute atomic E-state index is 13.3. The summed E-state index contributed by atoms with van der Waals surface area (Å²) in [4.78, 5) is 27.6. The van der Waals surface area contributed by atoms with E-state index in [1.807, 2.05) is 0 Å². The Morgan fingerprint density at radius 1 is 1.14 bits per heavy atom. The lowest BCUT2D eigenvalue weighted by atomic mass is 9.64. The highest BCUT2D eigenvalue weighted by Crippen LogP contribution is 2.54. The Morgan fingerprint density at radius 3 is 2.52 bits per heavy atom. The van der Waals surface area contributed by atoms with Crippen LogP contribution in [-0.2, 0) is 5.54 Å². The number of rotatable bonds is 4. The van der Waals surface area contributed by atoms with Gasteiger partial charge in [0.25, 0.3) is 5.91 Å². The van der Waals surface area contributed by atoms with Crippen LogP contribution in [0.4, 0.5) is 22.0 Å². The molecule has 1 fully saturated rings. The predicted octanol–water partition coefficient (Wildman–Crippen LogP) is 3.69. The number of alkyl halides is 5. The first-order chi connectivity index (χ1) is 19.8. The van der Waals surface area contributed by atoms with E-state index in [0.29, 0.717) is 34.5 Å². The van der Waals surface area contributed by atoms with Crippen molar-refractivity contribution in [2.75, 3.05) is 7.05 Å². The number of fused-ring (bicyclic) bond motifs is 9. The number of hydrogen-bond acceptors (Lipinski definition) is 8. The summed E-state index contributed by atoms with van der Waals surface area (Å²) in [6, 6.07) is 5.82. The van der Waals surface area contributed by atoms with Gasteiger partial charge >= 0.3 is 12.8 Å². The molecule has 42 heavy (non-hydrogen) atoms. The second kappa shape index (κ2) is 8.64. The molecule has 3 aliphatic rings. The van der Waals surface area contributed by atoms with Crippen molar-refractivity contribution in [1.29, 1.82) is 0 Å². The van der Waals surface area contributed by atoms with E-state index in [1.165, 1.54) is 30.9 Å². The van der Waals surface area contributed by atoms with Crippen LogP contribution in [0.15, 0.2) is 43.0 Å². The lowest BCUT2D eigenvalue weighted by Crippen LogP contribution is -2.66. The van der Waals surface area contributed by atoms with Crippen molar-refractivity contribution < 1.29 is 36.6 Å². The molecule has 1 amide bonds. The minimum Gasteiger partial charge on any atom is -0.434 e. The maximum atomic E-state index is 13.3. The Bertz CT molecular complexity index is 1750. The maximum Gasteiger partial charge on any atom is 0.417 e. The molecular weight excluding hydrogens is 565 g/mol. The molecule has 1 saturated carbocycles. The Balaban J connectivity index is 1.28. The van der Waals surface area contributed by atoms with Crippen molar-refractivity contribution >= 4 is 11.4 Å². The van der Waals surface area contributed by atoms with Crippen molar-refractivity contribution in [3.63, 3.8) is 0 Å². The summed E-state index contributed by atoms with van der Waals surface area (Å²) >= 11 is 0. The van der Waals surface area contributed by atoms with Crippen LogP contribution in [0, 0.1) is 0 Å². The normalized spacial score (nSPS) is 26.7. The molecule has 3 aromatic heterocycles. The third-order valence-electron chi connectivity index (χ3n) is 8.50. The highest BCUT2D eigenvalue weighted by atomic mass is 19.4. The van der Waals surface area contributed by atoms with Crippen LogP contribution in [-0.4, -0.2) is 65.9 Å². The van der Waals surface area contributed by atoms with Crippen LogP contribution in [0.25, 0.3) is 16.8 Å². The summed E-state index contributed by atoms with van der Waals surface area (Å²) in [5.41, 5.74) is 5.15. The average Bonchev–Trinajstić information content (AvgIpc) is 3.44. The number of nitrogens with zero attached hydrogens (tertiary/aromatic N) is 6. The lowest BCUT2D eigenvalue weighted by Gasteiger charge is -2.50. The third-order valence-corrected chi connectivity index (χ3v) is 8.50. The summed E-state index contributed by atoms with van der Waals surface area (Å²) in [6.07, 6.45) is -1.67. The monoisotopic (exact) mass is 587 g/mol. The molecule has 2 unspecified atom stereocenters. The smallest absolute Gasteiger partial charge is 0.417 e. The molecule has 1 aliphatic heterocycles. The van der Waals surface area contributed by atoms with Gasteiger partial charge in [-0.3, -0.25) is 4.79 Å². The Kier molecular flexibility index (Phi) is 5.48. The molecule has 2 bridgehead atoms. The fraction of sp³-hybridized carbons (Fsp3) is 0.370. The van der Waals surface area contributed by atoms with E-state index in [4.69, 9.17) is 10.5 Å². The van der Waals surface area contributed by atoms with Crippen molar-refractivity contribution in [3.8, 4) is 17.0 Å². The third kappa shape index (κ3) is 3.72. The highest BCUT2D eigenvalue weighted by Gasteiger charge is 2.67. The highest BCUT2D eigenvalue weighted by molar-refractivity contribution is 5.98. The predicted molar refractivity (Wildman–Crippen MR) is 134 cm³/mol. The zero-order valence-corrected chi connectivity index (χ0v) is 21.8. The first-order valence-corrected chi connectivity index (χ1v) is 12.9. The molecule has 218 valence electrons. The largest absolute Gasteiger partial charge is 0.434 e. The average molecular weight is 588 g/mol. The first-order valence-electron chi connectivity index (χ1n) is 12.9. The summed E-state index contributed by atoms with van der Waals surface area (Å²) in [6.45, 7) is -3.08. The molecule has 2 atom stereocenters. The van der Waals surface area contributed by atoms with Crippen LogP contribution in [0.1, 0.15) is 64.2 Å². The topological polar surface area (TPSA) is 132 Å². The second-order valence-corrected chi connectivity index (χ2v) is 11.1. The number of halogens is 5. The van der Waals surface area contributed by atoms with E-state index in [0.717, 1.165) is 5.56 Å². The van der Waals surface area contributed by atoms with Gasteiger partial charge in [0.1, 0.15) is 17.9 Å². The van der Waals surface area contributed by atoms with E-state index in [2.05, 4.69) is 20.1 Å². The SMILES string of the molecule is CN1C(=O)c2cccc(OC(F)F)c2C2CC1c1nn3cnc(-c4cnc(C5(N)CC(O)(C(F)(F)F)C5)nc4)cc3c12. The van der Waals surface area contributed by atoms with Crippen LogP contribution >= 0.6 is 0 Å². The number of nitrogens with two attached hydrogens (primary N) is 1. The molecule has 4 aromatic rings. The van der Waals surface area contributed by atoms with Crippen molar-refractivity contribution in [2.24, 2.45) is 5.73 Å². The Labute approximate surface area is 234 Å². The number of ether oxygens (including phenoxy) is 1. The van der Waals surface area contributed by atoms with Gasteiger partial charge in [-0.1, -0.05) is 6.07 Å². The fourth-order valence-corrected chi connectivity index (χ4v) is 6.50. The molecule has 1 aromatic carbocycles. The van der Waals surface area contributed by atoms with Crippen LogP contribution < -0.4 is 10.5 Å². The van der Waals surface area contributed by atoms with Crippen molar-refractivity contribution in [1.82, 2.24) is 29.5 Å². The molecule has 3 N–H and O–H groups in total. The van der Waals surface area contributed by atoms with Gasteiger partial charge in [0.05, 0.1) is 28.5 Å². The van der Waals surface area contributed by atoms with Gasteiger partial charge in [0.15, 0.2) is 5.60 Å². The van der Waals surface area contributed by atoms with Gasteiger partial charge in [-0.05, 0) is 24.6 Å². The quantitative estimate of drug-likeness (QED) is 0.346. The zero-order chi connectivity index (χ0) is 29.8. The molecule has 0 spiro atoms. The Hall–Kier alpha value is -4.24. The van der Waals surface area contributed by atoms with Gasteiger partial charge in [0, 0.05) is 60.5 Å². The zero-order valence-electron chi connectivity index (χ0n) is 21.8. The van der Waals surface area contributed by atoms with Gasteiger partial charge in [-0.2, -0.15) is 27.1 Å². The molecule has 4 heterocycles. The summed E-state index contributed by atoms with van der Waals surface area (Å²) in [7, 11) is 1.64. The molecular formula is C27H22F5N7O3. The number of carbonyl (C=O) groups is 1. The molecule has 0 radical (unpaired) electrons. The van der Waals surface area contributed by atoms with Gasteiger partial charge in [0.2, 0.25) is 0 Å². The van der Waals surface area contributed by atoms with E-state index in [9.17, 15) is 31.9 Å². The second-order valence-electron chi connectivity index (χ2n) is 11.1. The summed E-state index contributed by atoms with van der Waals surface area (Å²) in [5.74, 6) is -0.913. The van der Waals surface area contributed by atoms with Gasteiger partial charge < -0.3 is 20.5 Å². The summed E-state index contributed by atoms with van der Waals surface area (Å²) < 4.78 is 72.4. The number of amides is 1. The number of aromatic nitrogens is 5. The number of hydrogen-bond donors (Lipinski definition) is 2. The van der Waals surface area contributed by atoms with Crippen LogP contribution in [0.3, 0.4) is 0 Å². The lowest BCUT2D eigenvalue weighted by molar-refractivity contribution is -0.304. The summed E-state index contributed by atoms with van der Waals surface area (Å²) in [5, 5.41) is 14.5. The minimum atomic E-state index is -4.81.